The highest BCUT2D eigenvalue weighted by atomic mass is 32.1. The number of hydrogen-bond donors (Lipinski definition) is 3. The number of imidazole rings is 1. The van der Waals surface area contributed by atoms with E-state index in [4.69, 9.17) is 10.5 Å². The summed E-state index contributed by atoms with van der Waals surface area (Å²) in [5.41, 5.74) is 6.89. The molecule has 0 bridgehead atoms. The van der Waals surface area contributed by atoms with Gasteiger partial charge in [0.15, 0.2) is 17.7 Å². The van der Waals surface area contributed by atoms with E-state index in [0.29, 0.717) is 17.0 Å². The molecule has 20 heavy (non-hydrogen) atoms. The third-order valence-corrected chi connectivity index (χ3v) is 4.13. The Kier molecular flexibility index (Phi) is 3.53. The van der Waals surface area contributed by atoms with Gasteiger partial charge in [-0.25, -0.2) is 15.0 Å². The molecular formula is C12H17N5O2S. The molecule has 0 spiro atoms. The Labute approximate surface area is 121 Å². The maximum absolute atomic E-state index is 10.2. The third-order valence-electron chi connectivity index (χ3n) is 3.57. The zero-order valence-corrected chi connectivity index (χ0v) is 11.9. The van der Waals surface area contributed by atoms with Gasteiger partial charge >= 0.3 is 0 Å². The molecule has 3 N–H and O–H groups in total. The number of nitrogens with two attached hydrogens (primary N) is 1. The average molecular weight is 295 g/mol. The first-order chi connectivity index (χ1) is 9.63. The number of hydrogen-bond acceptors (Lipinski definition) is 7. The predicted molar refractivity (Wildman–Crippen MR) is 77.3 cm³/mol. The number of fused-ring (bicyclic) bond motifs is 1. The molecule has 0 amide bonds. The lowest BCUT2D eigenvalue weighted by Crippen LogP contribution is -2.27. The molecule has 0 saturated carbocycles. The molecule has 0 aromatic carbocycles. The van der Waals surface area contributed by atoms with Gasteiger partial charge in [-0.15, -0.1) is 0 Å². The number of nitrogen functional groups attached to an aromatic ring is 1. The minimum atomic E-state index is -0.611. The molecule has 4 atom stereocenters. The summed E-state index contributed by atoms with van der Waals surface area (Å²) in [6, 6.07) is 0. The van der Waals surface area contributed by atoms with Crippen LogP contribution < -0.4 is 5.73 Å². The number of nitrogens with zero attached hydrogens (tertiary/aromatic N) is 4. The molecule has 0 aliphatic carbocycles. The highest BCUT2D eigenvalue weighted by molar-refractivity contribution is 7.81. The van der Waals surface area contributed by atoms with E-state index in [-0.39, 0.29) is 11.4 Å². The minimum absolute atomic E-state index is 0.218. The molecule has 2 aromatic heterocycles. The summed E-state index contributed by atoms with van der Waals surface area (Å²) in [6.07, 6.45) is 3.48. The van der Waals surface area contributed by atoms with E-state index in [1.807, 2.05) is 0 Å². The second-order valence-corrected chi connectivity index (χ2v) is 5.51. The van der Waals surface area contributed by atoms with E-state index in [1.54, 1.807) is 10.9 Å². The van der Waals surface area contributed by atoms with E-state index >= 15 is 0 Å². The van der Waals surface area contributed by atoms with Crippen LogP contribution in [0.3, 0.4) is 0 Å². The van der Waals surface area contributed by atoms with Crippen molar-refractivity contribution in [3.8, 4) is 0 Å². The zero-order valence-electron chi connectivity index (χ0n) is 11.0. The summed E-state index contributed by atoms with van der Waals surface area (Å²) in [7, 11) is 0. The van der Waals surface area contributed by atoms with Crippen LogP contribution in [0.1, 0.15) is 26.0 Å². The Bertz CT molecular complexity index is 619. The summed E-state index contributed by atoms with van der Waals surface area (Å²) >= 11 is 4.47. The van der Waals surface area contributed by atoms with Crippen molar-refractivity contribution in [3.63, 3.8) is 0 Å². The summed E-state index contributed by atoms with van der Waals surface area (Å²) in [4.78, 5) is 12.3. The first kappa shape index (κ1) is 13.6. The highest BCUT2D eigenvalue weighted by Crippen LogP contribution is 2.36. The zero-order chi connectivity index (χ0) is 14.3. The van der Waals surface area contributed by atoms with Gasteiger partial charge in [-0.05, 0) is 6.42 Å². The van der Waals surface area contributed by atoms with Crippen LogP contribution in [0.25, 0.3) is 11.2 Å². The van der Waals surface area contributed by atoms with Crippen molar-refractivity contribution in [2.75, 3.05) is 5.73 Å². The predicted octanol–water partition coefficient (Wildman–Crippen LogP) is 0.765. The Morgan fingerprint density at radius 3 is 3.00 bits per heavy atom. The van der Waals surface area contributed by atoms with E-state index in [1.165, 1.54) is 6.33 Å². The van der Waals surface area contributed by atoms with Gasteiger partial charge in [0.25, 0.3) is 0 Å². The minimum Gasteiger partial charge on any atom is -0.389 e. The Balaban J connectivity index is 1.97. The second kappa shape index (κ2) is 5.19. The number of ether oxygens (including phenoxy) is 1. The van der Waals surface area contributed by atoms with Gasteiger partial charge < -0.3 is 15.6 Å². The van der Waals surface area contributed by atoms with Crippen LogP contribution >= 0.6 is 12.6 Å². The van der Waals surface area contributed by atoms with E-state index in [2.05, 4.69) is 34.5 Å². The maximum Gasteiger partial charge on any atom is 0.167 e. The number of aliphatic hydroxyl groups excluding tert-OH is 1. The SMILES string of the molecule is CCC[C@H]1O[C@@H](n2cnc3c(N)ncnc32)[C@H](S)[C@@H]1O. The summed E-state index contributed by atoms with van der Waals surface area (Å²) in [5.74, 6) is 0.327. The van der Waals surface area contributed by atoms with Gasteiger partial charge in [0.2, 0.25) is 0 Å². The first-order valence-corrected chi connectivity index (χ1v) is 7.09. The molecule has 1 saturated heterocycles. The summed E-state index contributed by atoms with van der Waals surface area (Å²) < 4.78 is 7.67. The van der Waals surface area contributed by atoms with Crippen LogP contribution in [0.2, 0.25) is 0 Å². The van der Waals surface area contributed by atoms with E-state index in [9.17, 15) is 5.11 Å². The first-order valence-electron chi connectivity index (χ1n) is 6.58. The van der Waals surface area contributed by atoms with Gasteiger partial charge in [0.05, 0.1) is 23.8 Å². The standard InChI is InChI=1S/C12H17N5O2S/c1-2-3-6-8(18)9(20)12(19-6)17-5-16-7-10(13)14-4-15-11(7)17/h4-6,8-9,12,18,20H,2-3H2,1H3,(H2,13,14,15)/t6-,8-,9-,12-/m1/s1. The van der Waals surface area contributed by atoms with Crippen LogP contribution in [-0.4, -0.2) is 42.1 Å². The molecule has 3 heterocycles. The molecule has 0 radical (unpaired) electrons. The van der Waals surface area contributed by atoms with Crippen molar-refractivity contribution < 1.29 is 9.84 Å². The van der Waals surface area contributed by atoms with Crippen LogP contribution in [0, 0.1) is 0 Å². The molecule has 8 heteroatoms. The molecule has 3 rings (SSSR count). The third kappa shape index (κ3) is 2.04. The lowest BCUT2D eigenvalue weighted by Gasteiger charge is -2.16. The quantitative estimate of drug-likeness (QED) is 0.723. The fourth-order valence-corrected chi connectivity index (χ4v) is 2.94. The number of aliphatic hydroxyl groups is 1. The summed E-state index contributed by atoms with van der Waals surface area (Å²) in [5, 5.41) is 9.86. The monoisotopic (exact) mass is 295 g/mol. The van der Waals surface area contributed by atoms with E-state index in [0.717, 1.165) is 12.8 Å². The van der Waals surface area contributed by atoms with Crippen molar-refractivity contribution in [2.24, 2.45) is 0 Å². The number of aromatic nitrogens is 4. The van der Waals surface area contributed by atoms with Gasteiger partial charge in [0.1, 0.15) is 11.8 Å². The van der Waals surface area contributed by atoms with Crippen LogP contribution in [0.5, 0.6) is 0 Å². The normalized spacial score (nSPS) is 30.1. The molecule has 1 aliphatic rings. The lowest BCUT2D eigenvalue weighted by atomic mass is 10.1. The molecule has 0 unspecified atom stereocenters. The van der Waals surface area contributed by atoms with Gasteiger partial charge in [0, 0.05) is 0 Å². The van der Waals surface area contributed by atoms with Crippen molar-refractivity contribution >= 4 is 29.6 Å². The van der Waals surface area contributed by atoms with Crippen LogP contribution in [-0.2, 0) is 4.74 Å². The molecular weight excluding hydrogens is 278 g/mol. The molecule has 1 aliphatic heterocycles. The number of anilines is 1. The van der Waals surface area contributed by atoms with E-state index < -0.39 is 12.3 Å². The highest BCUT2D eigenvalue weighted by Gasteiger charge is 2.42. The topological polar surface area (TPSA) is 99.1 Å². The lowest BCUT2D eigenvalue weighted by molar-refractivity contribution is -0.0207. The number of thiol groups is 1. The summed E-state index contributed by atoms with van der Waals surface area (Å²) in [6.45, 7) is 2.05. The van der Waals surface area contributed by atoms with Crippen LogP contribution in [0.15, 0.2) is 12.7 Å². The Hall–Kier alpha value is -1.38. The molecule has 7 nitrogen and oxygen atoms in total. The molecule has 108 valence electrons. The Morgan fingerprint density at radius 1 is 1.45 bits per heavy atom. The smallest absolute Gasteiger partial charge is 0.167 e. The van der Waals surface area contributed by atoms with Crippen LogP contribution in [0.4, 0.5) is 5.82 Å². The van der Waals surface area contributed by atoms with Crippen molar-refractivity contribution in [1.29, 1.82) is 0 Å². The fourth-order valence-electron chi connectivity index (χ4n) is 2.54. The number of rotatable bonds is 3. The van der Waals surface area contributed by atoms with Crippen molar-refractivity contribution in [1.82, 2.24) is 19.5 Å². The average Bonchev–Trinajstić information content (AvgIpc) is 2.97. The van der Waals surface area contributed by atoms with Gasteiger partial charge in [-0.1, -0.05) is 13.3 Å². The van der Waals surface area contributed by atoms with Gasteiger partial charge in [-0.3, -0.25) is 4.57 Å². The van der Waals surface area contributed by atoms with Gasteiger partial charge in [-0.2, -0.15) is 12.6 Å². The Morgan fingerprint density at radius 2 is 2.25 bits per heavy atom. The second-order valence-electron chi connectivity index (χ2n) is 4.92. The van der Waals surface area contributed by atoms with Crippen molar-refractivity contribution in [3.05, 3.63) is 12.7 Å². The van der Waals surface area contributed by atoms with Crippen molar-refractivity contribution in [2.45, 2.75) is 43.5 Å². The molecule has 2 aromatic rings. The molecule has 1 fully saturated rings. The maximum atomic E-state index is 10.2. The largest absolute Gasteiger partial charge is 0.389 e. The fraction of sp³-hybridized carbons (Fsp3) is 0.583.